The number of aromatic nitrogens is 2. The van der Waals surface area contributed by atoms with E-state index in [0.717, 1.165) is 18.3 Å². The van der Waals surface area contributed by atoms with Crippen molar-refractivity contribution in [1.82, 2.24) is 15.0 Å². The molecule has 96 valence electrons. The fraction of sp³-hybridized carbons (Fsp3) is 0.833. The minimum Gasteiger partial charge on any atom is -0.336 e. The first-order valence-electron chi connectivity index (χ1n) is 6.32. The molecule has 5 nitrogen and oxygen atoms in total. The van der Waals surface area contributed by atoms with Gasteiger partial charge >= 0.3 is 6.01 Å². The Kier molecular flexibility index (Phi) is 3.66. The Bertz CT molecular complexity index is 355. The summed E-state index contributed by atoms with van der Waals surface area (Å²) in [5.41, 5.74) is 0. The first-order valence-corrected chi connectivity index (χ1v) is 6.32. The maximum absolute atomic E-state index is 5.17. The van der Waals surface area contributed by atoms with Crippen LogP contribution in [0.5, 0.6) is 0 Å². The molecule has 0 saturated heterocycles. The van der Waals surface area contributed by atoms with Crippen LogP contribution in [-0.4, -0.2) is 41.7 Å². The molecule has 1 aromatic heterocycles. The summed E-state index contributed by atoms with van der Waals surface area (Å²) in [5.74, 6) is 1.90. The van der Waals surface area contributed by atoms with Crippen LogP contribution >= 0.6 is 0 Å². The molecule has 1 aromatic rings. The minimum atomic E-state index is 0.308. The fourth-order valence-electron chi connectivity index (χ4n) is 1.98. The summed E-state index contributed by atoms with van der Waals surface area (Å²) in [6.45, 7) is 4.99. The summed E-state index contributed by atoms with van der Waals surface area (Å²) in [6.07, 6.45) is 2.68. The number of anilines is 1. The fourth-order valence-corrected chi connectivity index (χ4v) is 1.98. The predicted molar refractivity (Wildman–Crippen MR) is 67.1 cm³/mol. The van der Waals surface area contributed by atoms with Gasteiger partial charge in [-0.15, -0.1) is 0 Å². The summed E-state index contributed by atoms with van der Waals surface area (Å²) in [4.78, 5) is 6.58. The third-order valence-electron chi connectivity index (χ3n) is 3.25. The molecule has 2 rings (SSSR count). The van der Waals surface area contributed by atoms with Crippen LogP contribution in [0, 0.1) is 5.92 Å². The number of hydrogen-bond acceptors (Lipinski definition) is 5. The van der Waals surface area contributed by atoms with E-state index in [1.54, 1.807) is 0 Å². The van der Waals surface area contributed by atoms with Crippen molar-refractivity contribution < 1.29 is 4.52 Å². The maximum atomic E-state index is 5.17. The Labute approximate surface area is 103 Å². The molecule has 0 spiro atoms. The van der Waals surface area contributed by atoms with Crippen molar-refractivity contribution in [3.63, 3.8) is 0 Å². The summed E-state index contributed by atoms with van der Waals surface area (Å²) in [7, 11) is 4.25. The molecule has 1 aliphatic rings. The molecule has 1 atom stereocenters. The molecule has 0 unspecified atom stereocenters. The van der Waals surface area contributed by atoms with Crippen molar-refractivity contribution in [3.8, 4) is 0 Å². The molecule has 1 aliphatic carbocycles. The Balaban J connectivity index is 1.87. The Morgan fingerprint density at radius 3 is 2.59 bits per heavy atom. The number of likely N-dealkylation sites (N-methyl/N-ethyl adjacent to an activating group) is 1. The quantitative estimate of drug-likeness (QED) is 0.821. The van der Waals surface area contributed by atoms with Crippen molar-refractivity contribution in [1.29, 1.82) is 0 Å². The van der Waals surface area contributed by atoms with E-state index in [0.29, 0.717) is 18.0 Å². The van der Waals surface area contributed by atoms with Gasteiger partial charge in [0.1, 0.15) is 0 Å². The Hall–Kier alpha value is -1.10. The zero-order valence-electron chi connectivity index (χ0n) is 11.1. The van der Waals surface area contributed by atoms with Crippen molar-refractivity contribution >= 4 is 6.01 Å². The van der Waals surface area contributed by atoms with E-state index in [4.69, 9.17) is 4.52 Å². The second-order valence-corrected chi connectivity index (χ2v) is 5.36. The Morgan fingerprint density at radius 1 is 1.41 bits per heavy atom. The number of hydrogen-bond donors (Lipinski definition) is 1. The topological polar surface area (TPSA) is 54.2 Å². The molecular weight excluding hydrogens is 216 g/mol. The first-order chi connectivity index (χ1) is 8.08. The highest BCUT2D eigenvalue weighted by molar-refractivity contribution is 5.19. The van der Waals surface area contributed by atoms with Gasteiger partial charge < -0.3 is 14.7 Å². The monoisotopic (exact) mass is 238 g/mol. The van der Waals surface area contributed by atoms with Crippen LogP contribution in [0.1, 0.15) is 38.4 Å². The van der Waals surface area contributed by atoms with E-state index in [-0.39, 0.29) is 0 Å². The molecule has 1 heterocycles. The van der Waals surface area contributed by atoms with Crippen molar-refractivity contribution in [2.45, 2.75) is 38.6 Å². The zero-order valence-corrected chi connectivity index (χ0v) is 11.1. The summed E-state index contributed by atoms with van der Waals surface area (Å²) in [6, 6.07) is 1.10. The minimum absolute atomic E-state index is 0.308. The van der Waals surface area contributed by atoms with Crippen LogP contribution in [0.25, 0.3) is 0 Å². The lowest BCUT2D eigenvalue weighted by Gasteiger charge is -2.23. The van der Waals surface area contributed by atoms with E-state index in [2.05, 4.69) is 48.3 Å². The first kappa shape index (κ1) is 12.4. The molecule has 0 radical (unpaired) electrons. The number of nitrogens with one attached hydrogen (secondary N) is 1. The Morgan fingerprint density at radius 2 is 2.12 bits per heavy atom. The van der Waals surface area contributed by atoms with Crippen molar-refractivity contribution in [2.75, 3.05) is 26.0 Å². The van der Waals surface area contributed by atoms with Gasteiger partial charge in [0.2, 0.25) is 0 Å². The second kappa shape index (κ2) is 5.04. The molecule has 1 saturated carbocycles. The van der Waals surface area contributed by atoms with Crippen molar-refractivity contribution in [3.05, 3.63) is 5.82 Å². The molecule has 1 fully saturated rings. The summed E-state index contributed by atoms with van der Waals surface area (Å²) in [5, 5.41) is 7.18. The number of nitrogens with zero attached hydrogens (tertiary/aromatic N) is 3. The van der Waals surface area contributed by atoms with Gasteiger partial charge in [0.25, 0.3) is 0 Å². The average Bonchev–Trinajstić information content (AvgIpc) is 2.95. The second-order valence-electron chi connectivity index (χ2n) is 5.36. The zero-order chi connectivity index (χ0) is 12.4. The summed E-state index contributed by atoms with van der Waals surface area (Å²) < 4.78 is 5.17. The van der Waals surface area contributed by atoms with Crippen LogP contribution in [0.3, 0.4) is 0 Å². The van der Waals surface area contributed by atoms with Crippen LogP contribution in [0.15, 0.2) is 4.52 Å². The van der Waals surface area contributed by atoms with Gasteiger partial charge in [0.05, 0.1) is 0 Å². The molecule has 0 aromatic carbocycles. The lowest BCUT2D eigenvalue weighted by molar-refractivity contribution is 0.274. The molecule has 0 aliphatic heterocycles. The maximum Gasteiger partial charge on any atom is 0.321 e. The molecule has 5 heteroatoms. The van der Waals surface area contributed by atoms with Crippen LogP contribution in [0.4, 0.5) is 6.01 Å². The average molecular weight is 238 g/mol. The third-order valence-corrected chi connectivity index (χ3v) is 3.25. The lowest BCUT2D eigenvalue weighted by Crippen LogP contribution is -2.36. The van der Waals surface area contributed by atoms with E-state index >= 15 is 0 Å². The standard InChI is InChI=1S/C12H22N4O/c1-8(2)11-14-12(17-15-11)13-7-10(16(3)4)9-5-6-9/h8-10H,5-7H2,1-4H3,(H,13,14,15)/t10-/m0/s1. The largest absolute Gasteiger partial charge is 0.336 e. The molecule has 0 amide bonds. The highest BCUT2D eigenvalue weighted by Crippen LogP contribution is 2.34. The van der Waals surface area contributed by atoms with E-state index < -0.39 is 0 Å². The van der Waals surface area contributed by atoms with E-state index in [1.807, 2.05) is 0 Å². The molecule has 0 bridgehead atoms. The third kappa shape index (κ3) is 3.19. The lowest BCUT2D eigenvalue weighted by atomic mass is 10.1. The van der Waals surface area contributed by atoms with Crippen LogP contribution in [-0.2, 0) is 0 Å². The van der Waals surface area contributed by atoms with Gasteiger partial charge in [-0.3, -0.25) is 0 Å². The highest BCUT2D eigenvalue weighted by atomic mass is 16.5. The number of rotatable bonds is 6. The smallest absolute Gasteiger partial charge is 0.321 e. The van der Waals surface area contributed by atoms with E-state index in [1.165, 1.54) is 12.8 Å². The highest BCUT2D eigenvalue weighted by Gasteiger charge is 2.32. The van der Waals surface area contributed by atoms with Gasteiger partial charge in [0, 0.05) is 18.5 Å². The molecule has 17 heavy (non-hydrogen) atoms. The van der Waals surface area contributed by atoms with Gasteiger partial charge in [-0.05, 0) is 32.9 Å². The van der Waals surface area contributed by atoms with Crippen LogP contribution < -0.4 is 5.32 Å². The van der Waals surface area contributed by atoms with Gasteiger partial charge in [-0.25, -0.2) is 0 Å². The molecule has 1 N–H and O–H groups in total. The van der Waals surface area contributed by atoms with Crippen molar-refractivity contribution in [2.24, 2.45) is 5.92 Å². The van der Waals surface area contributed by atoms with E-state index in [9.17, 15) is 0 Å². The van der Waals surface area contributed by atoms with Gasteiger partial charge in [-0.1, -0.05) is 19.0 Å². The summed E-state index contributed by atoms with van der Waals surface area (Å²) >= 11 is 0. The van der Waals surface area contributed by atoms with Crippen LogP contribution in [0.2, 0.25) is 0 Å². The predicted octanol–water partition coefficient (Wildman–Crippen LogP) is 1.95. The van der Waals surface area contributed by atoms with Gasteiger partial charge in [-0.2, -0.15) is 4.98 Å². The van der Waals surface area contributed by atoms with Gasteiger partial charge in [0.15, 0.2) is 5.82 Å². The molecular formula is C12H22N4O. The SMILES string of the molecule is CC(C)c1noc(NC[C@@H](C2CC2)N(C)C)n1. The normalized spacial score (nSPS) is 17.8.